The van der Waals surface area contributed by atoms with Crippen molar-refractivity contribution < 1.29 is 8.78 Å². The molecule has 0 unspecified atom stereocenters. The van der Waals surface area contributed by atoms with E-state index < -0.39 is 5.92 Å². The molecule has 0 saturated carbocycles. The molecule has 2 N–H and O–H groups in total. The summed E-state index contributed by atoms with van der Waals surface area (Å²) in [6.45, 7) is 7.52. The van der Waals surface area contributed by atoms with Crippen LogP contribution < -0.4 is 15.5 Å². The number of aromatic nitrogens is 1. The predicted molar refractivity (Wildman–Crippen MR) is 118 cm³/mol. The molecule has 0 fully saturated rings. The van der Waals surface area contributed by atoms with E-state index >= 15 is 0 Å². The number of anilines is 2. The molecule has 6 heteroatoms. The van der Waals surface area contributed by atoms with Gasteiger partial charge in [-0.3, -0.25) is 0 Å². The van der Waals surface area contributed by atoms with Gasteiger partial charge >= 0.3 is 0 Å². The van der Waals surface area contributed by atoms with Crippen LogP contribution in [0.25, 0.3) is 10.9 Å². The quantitative estimate of drug-likeness (QED) is 0.792. The number of aryl methyl sites for hydroxylation is 1. The highest BCUT2D eigenvalue weighted by Gasteiger charge is 2.37. The first-order valence-corrected chi connectivity index (χ1v) is 10.0. The van der Waals surface area contributed by atoms with E-state index in [1.54, 1.807) is 19.9 Å². The van der Waals surface area contributed by atoms with Crippen LogP contribution in [0.3, 0.4) is 0 Å². The van der Waals surface area contributed by atoms with E-state index in [-0.39, 0.29) is 18.5 Å². The summed E-state index contributed by atoms with van der Waals surface area (Å²) < 4.78 is 29.4. The van der Waals surface area contributed by atoms with Gasteiger partial charge in [-0.1, -0.05) is 23.8 Å². The summed E-state index contributed by atoms with van der Waals surface area (Å²) in [5.41, 5.74) is 9.60. The highest BCUT2D eigenvalue weighted by atomic mass is 19.3. The Bertz CT molecular complexity index is 949. The van der Waals surface area contributed by atoms with E-state index in [0.29, 0.717) is 25.2 Å². The van der Waals surface area contributed by atoms with E-state index in [0.717, 1.165) is 28.0 Å². The number of fused-ring (bicyclic) bond motifs is 1. The molecule has 0 bridgehead atoms. The normalized spacial score (nSPS) is 17.3. The third kappa shape index (κ3) is 4.42. The zero-order valence-corrected chi connectivity index (χ0v) is 17.7. The summed E-state index contributed by atoms with van der Waals surface area (Å²) in [4.78, 5) is 8.88. The Morgan fingerprint density at radius 1 is 1.28 bits per heavy atom. The molecule has 0 amide bonds. The standard InChI is InChI=1S/C23H30F2N4/c1-5-6-19-17(3)15-29(11-9-23(19,24)25)22-14-21(28(4)12-10-26)18-13-16(2)7-8-20(18)27-22/h5-8,13-14H,9-12,15,26H2,1-4H3/b6-5-. The van der Waals surface area contributed by atoms with Crippen molar-refractivity contribution >= 4 is 22.4 Å². The van der Waals surface area contributed by atoms with Crippen LogP contribution in [0.4, 0.5) is 20.3 Å². The largest absolute Gasteiger partial charge is 0.373 e. The SMILES string of the molecule is C/C=C\C1=C(C)CN(c2cc(N(C)CCN)c3cc(C)ccc3n2)CCC1(F)F. The summed E-state index contributed by atoms with van der Waals surface area (Å²) in [7, 11) is 2.00. The van der Waals surface area contributed by atoms with Crippen molar-refractivity contribution in [1.82, 2.24) is 4.98 Å². The fourth-order valence-electron chi connectivity index (χ4n) is 3.90. The number of nitrogens with zero attached hydrogens (tertiary/aromatic N) is 3. The van der Waals surface area contributed by atoms with Gasteiger partial charge < -0.3 is 15.5 Å². The second-order valence-corrected chi connectivity index (χ2v) is 7.80. The zero-order valence-electron chi connectivity index (χ0n) is 17.7. The van der Waals surface area contributed by atoms with Crippen LogP contribution >= 0.6 is 0 Å². The number of pyridine rings is 1. The Labute approximate surface area is 171 Å². The van der Waals surface area contributed by atoms with Gasteiger partial charge in [0.2, 0.25) is 0 Å². The van der Waals surface area contributed by atoms with Crippen molar-refractivity contribution in [3.63, 3.8) is 0 Å². The first-order chi connectivity index (χ1) is 13.8. The van der Waals surface area contributed by atoms with Gasteiger partial charge in [0.05, 0.1) is 5.52 Å². The van der Waals surface area contributed by atoms with Gasteiger partial charge in [-0.2, -0.15) is 0 Å². The zero-order chi connectivity index (χ0) is 21.2. The topological polar surface area (TPSA) is 45.4 Å². The number of hydrogen-bond donors (Lipinski definition) is 1. The minimum atomic E-state index is -2.83. The van der Waals surface area contributed by atoms with E-state index in [2.05, 4.69) is 11.0 Å². The average Bonchev–Trinajstić information content (AvgIpc) is 2.78. The lowest BCUT2D eigenvalue weighted by Crippen LogP contribution is -2.29. The Morgan fingerprint density at radius 3 is 2.72 bits per heavy atom. The molecule has 29 heavy (non-hydrogen) atoms. The van der Waals surface area contributed by atoms with Gasteiger partial charge in [0.25, 0.3) is 5.92 Å². The minimum Gasteiger partial charge on any atom is -0.373 e. The van der Waals surface area contributed by atoms with Gasteiger partial charge in [-0.25, -0.2) is 13.8 Å². The predicted octanol–water partition coefficient (Wildman–Crippen LogP) is 4.68. The van der Waals surface area contributed by atoms with Gasteiger partial charge in [-0.05, 0) is 38.5 Å². The molecule has 0 aliphatic carbocycles. The Balaban J connectivity index is 2.09. The van der Waals surface area contributed by atoms with Crippen LogP contribution in [-0.4, -0.2) is 44.1 Å². The number of nitrogens with two attached hydrogens (primary N) is 1. The van der Waals surface area contributed by atoms with Crippen molar-refractivity contribution in [2.45, 2.75) is 33.1 Å². The molecule has 1 aromatic carbocycles. The maximum absolute atomic E-state index is 14.7. The lowest BCUT2D eigenvalue weighted by molar-refractivity contribution is 0.0393. The first kappa shape index (κ1) is 21.2. The van der Waals surface area contributed by atoms with Crippen LogP contribution in [0.15, 0.2) is 47.6 Å². The van der Waals surface area contributed by atoms with E-state index in [1.807, 2.05) is 37.1 Å². The average molecular weight is 401 g/mol. The fourth-order valence-corrected chi connectivity index (χ4v) is 3.90. The molecule has 1 aromatic heterocycles. The number of hydrogen-bond acceptors (Lipinski definition) is 4. The van der Waals surface area contributed by atoms with Crippen LogP contribution in [0.2, 0.25) is 0 Å². The molecule has 2 aromatic rings. The highest BCUT2D eigenvalue weighted by Crippen LogP contribution is 2.37. The summed E-state index contributed by atoms with van der Waals surface area (Å²) in [5.74, 6) is -2.12. The lowest BCUT2D eigenvalue weighted by Gasteiger charge is -2.26. The van der Waals surface area contributed by atoms with Crippen molar-refractivity contribution in [3.8, 4) is 0 Å². The van der Waals surface area contributed by atoms with Gasteiger partial charge in [0.1, 0.15) is 5.82 Å². The molecule has 0 atom stereocenters. The third-order valence-electron chi connectivity index (χ3n) is 5.44. The third-order valence-corrected chi connectivity index (χ3v) is 5.44. The Hall–Kier alpha value is -2.47. The number of benzene rings is 1. The molecular weight excluding hydrogens is 370 g/mol. The van der Waals surface area contributed by atoms with Crippen molar-refractivity contribution in [1.29, 1.82) is 0 Å². The summed E-state index contributed by atoms with van der Waals surface area (Å²) in [5, 5.41) is 1.05. The van der Waals surface area contributed by atoms with Gasteiger partial charge in [-0.15, -0.1) is 0 Å². The van der Waals surface area contributed by atoms with E-state index in [1.165, 1.54) is 6.08 Å². The van der Waals surface area contributed by atoms with E-state index in [9.17, 15) is 8.78 Å². The van der Waals surface area contributed by atoms with E-state index in [4.69, 9.17) is 10.7 Å². The van der Waals surface area contributed by atoms with Crippen LogP contribution in [-0.2, 0) is 0 Å². The van der Waals surface area contributed by atoms with Crippen molar-refractivity contribution in [2.75, 3.05) is 43.0 Å². The second-order valence-electron chi connectivity index (χ2n) is 7.80. The number of alkyl halides is 2. The van der Waals surface area contributed by atoms with Crippen LogP contribution in [0.1, 0.15) is 25.8 Å². The van der Waals surface area contributed by atoms with Crippen LogP contribution in [0.5, 0.6) is 0 Å². The maximum Gasteiger partial charge on any atom is 0.274 e. The smallest absolute Gasteiger partial charge is 0.274 e. The second kappa shape index (κ2) is 8.49. The highest BCUT2D eigenvalue weighted by molar-refractivity contribution is 5.94. The molecule has 156 valence electrons. The van der Waals surface area contributed by atoms with Crippen molar-refractivity contribution in [2.24, 2.45) is 5.73 Å². The molecule has 3 rings (SSSR count). The molecule has 0 saturated heterocycles. The number of allylic oxidation sites excluding steroid dienone is 3. The lowest BCUT2D eigenvalue weighted by atomic mass is 10.0. The summed E-state index contributed by atoms with van der Waals surface area (Å²) in [6.07, 6.45) is 2.99. The molecule has 1 aliphatic heterocycles. The monoisotopic (exact) mass is 400 g/mol. The molecule has 0 spiro atoms. The molecule has 1 aliphatic rings. The number of likely N-dealkylation sites (N-methyl/N-ethyl adjacent to an activating group) is 1. The minimum absolute atomic E-state index is 0.124. The Kier molecular flexibility index (Phi) is 6.22. The number of halogens is 2. The number of rotatable bonds is 5. The molecule has 2 heterocycles. The Morgan fingerprint density at radius 2 is 2.03 bits per heavy atom. The molecular formula is C23H30F2N4. The fraction of sp³-hybridized carbons (Fsp3) is 0.435. The van der Waals surface area contributed by atoms with Gasteiger partial charge in [0, 0.05) is 62.4 Å². The summed E-state index contributed by atoms with van der Waals surface area (Å²) >= 11 is 0. The molecule has 0 radical (unpaired) electrons. The summed E-state index contributed by atoms with van der Waals surface area (Å²) in [6, 6.07) is 8.13. The van der Waals surface area contributed by atoms with Gasteiger partial charge in [0.15, 0.2) is 0 Å². The van der Waals surface area contributed by atoms with Crippen molar-refractivity contribution in [3.05, 3.63) is 53.1 Å². The maximum atomic E-state index is 14.7. The van der Waals surface area contributed by atoms with Crippen LogP contribution in [0, 0.1) is 6.92 Å². The first-order valence-electron chi connectivity index (χ1n) is 10.0. The molecule has 4 nitrogen and oxygen atoms in total.